The standard InChI is InChI=1S/C12H17N7O4/c1-3-12(4-2,9-23-19(20)21)8-22-11-16-14-10(15-17-11)18-7-5-6-13-18/h5-7H,3-4,8-9H2,1-2H3. The Labute approximate surface area is 131 Å². The van der Waals surface area contributed by atoms with Crippen molar-refractivity contribution in [1.29, 1.82) is 0 Å². The van der Waals surface area contributed by atoms with E-state index in [1.807, 2.05) is 13.8 Å². The zero-order valence-corrected chi connectivity index (χ0v) is 12.8. The first-order chi connectivity index (χ1) is 11.1. The van der Waals surface area contributed by atoms with E-state index in [1.54, 1.807) is 18.5 Å². The highest BCUT2D eigenvalue weighted by molar-refractivity contribution is 5.04. The third kappa shape index (κ3) is 4.31. The van der Waals surface area contributed by atoms with E-state index in [-0.39, 0.29) is 25.2 Å². The van der Waals surface area contributed by atoms with Gasteiger partial charge in [-0.05, 0) is 18.9 Å². The van der Waals surface area contributed by atoms with Crippen LogP contribution in [0.4, 0.5) is 0 Å². The van der Waals surface area contributed by atoms with Gasteiger partial charge in [0.25, 0.3) is 11.0 Å². The molecule has 0 saturated heterocycles. The molecule has 0 bridgehead atoms. The molecule has 0 spiro atoms. The van der Waals surface area contributed by atoms with E-state index in [1.165, 1.54) is 4.68 Å². The summed E-state index contributed by atoms with van der Waals surface area (Å²) in [5.41, 5.74) is -0.503. The van der Waals surface area contributed by atoms with Crippen molar-refractivity contribution in [3.05, 3.63) is 28.6 Å². The molecule has 0 unspecified atom stereocenters. The number of nitrogens with zero attached hydrogens (tertiary/aromatic N) is 7. The summed E-state index contributed by atoms with van der Waals surface area (Å²) in [5, 5.41) is 28.9. The predicted octanol–water partition coefficient (Wildman–Crippen LogP) is 0.846. The smallest absolute Gasteiger partial charge is 0.355 e. The minimum atomic E-state index is -0.807. The number of hydrogen-bond acceptors (Lipinski definition) is 9. The fourth-order valence-electron chi connectivity index (χ4n) is 1.86. The molecule has 0 atom stereocenters. The molecule has 11 nitrogen and oxygen atoms in total. The molecule has 11 heteroatoms. The maximum absolute atomic E-state index is 10.4. The molecule has 0 aromatic carbocycles. The van der Waals surface area contributed by atoms with Crippen molar-refractivity contribution in [2.75, 3.05) is 13.2 Å². The number of rotatable bonds is 9. The second kappa shape index (κ2) is 7.42. The van der Waals surface area contributed by atoms with Crippen LogP contribution in [-0.2, 0) is 4.84 Å². The zero-order chi connectivity index (χ0) is 16.7. The first-order valence-electron chi connectivity index (χ1n) is 7.06. The monoisotopic (exact) mass is 323 g/mol. The summed E-state index contributed by atoms with van der Waals surface area (Å²) in [4.78, 5) is 14.9. The summed E-state index contributed by atoms with van der Waals surface area (Å²) in [6, 6.07) is 1.72. The Kier molecular flexibility index (Phi) is 5.33. The van der Waals surface area contributed by atoms with Gasteiger partial charge in [0.05, 0.1) is 6.61 Å². The van der Waals surface area contributed by atoms with Gasteiger partial charge in [0, 0.05) is 17.8 Å². The van der Waals surface area contributed by atoms with E-state index >= 15 is 0 Å². The van der Waals surface area contributed by atoms with Gasteiger partial charge in [0.1, 0.15) is 6.61 Å². The summed E-state index contributed by atoms with van der Waals surface area (Å²) in [6.07, 6.45) is 4.53. The number of ether oxygens (including phenoxy) is 1. The van der Waals surface area contributed by atoms with Gasteiger partial charge < -0.3 is 9.57 Å². The Morgan fingerprint density at radius 3 is 2.43 bits per heavy atom. The second-order valence-electron chi connectivity index (χ2n) is 4.93. The lowest BCUT2D eigenvalue weighted by molar-refractivity contribution is -0.761. The molecule has 0 saturated carbocycles. The molecule has 0 amide bonds. The lowest BCUT2D eigenvalue weighted by atomic mass is 9.84. The summed E-state index contributed by atoms with van der Waals surface area (Å²) in [5.74, 6) is 0.219. The van der Waals surface area contributed by atoms with Crippen LogP contribution in [0.25, 0.3) is 5.95 Å². The van der Waals surface area contributed by atoms with E-state index in [2.05, 4.69) is 30.3 Å². The number of hydrogen-bond donors (Lipinski definition) is 0. The first-order valence-corrected chi connectivity index (χ1v) is 7.06. The van der Waals surface area contributed by atoms with Gasteiger partial charge in [0.2, 0.25) is 0 Å². The van der Waals surface area contributed by atoms with Crippen molar-refractivity contribution >= 4 is 0 Å². The van der Waals surface area contributed by atoms with E-state index in [9.17, 15) is 10.1 Å². The maximum atomic E-state index is 10.4. The van der Waals surface area contributed by atoms with Crippen molar-refractivity contribution < 1.29 is 14.7 Å². The van der Waals surface area contributed by atoms with Gasteiger partial charge in [-0.15, -0.1) is 20.3 Å². The van der Waals surface area contributed by atoms with E-state index in [0.717, 1.165) is 0 Å². The molecule has 2 heterocycles. The van der Waals surface area contributed by atoms with Crippen LogP contribution in [0.5, 0.6) is 6.01 Å². The van der Waals surface area contributed by atoms with Crippen molar-refractivity contribution in [3.63, 3.8) is 0 Å². The molecule has 124 valence electrons. The third-order valence-electron chi connectivity index (χ3n) is 3.64. The average Bonchev–Trinajstić information content (AvgIpc) is 3.10. The largest absolute Gasteiger partial charge is 0.461 e. The molecule has 2 aromatic rings. The van der Waals surface area contributed by atoms with E-state index in [0.29, 0.717) is 12.8 Å². The van der Waals surface area contributed by atoms with Gasteiger partial charge in [0.15, 0.2) is 0 Å². The van der Waals surface area contributed by atoms with Crippen LogP contribution in [0.15, 0.2) is 18.5 Å². The predicted molar refractivity (Wildman–Crippen MR) is 76.2 cm³/mol. The van der Waals surface area contributed by atoms with Gasteiger partial charge >= 0.3 is 6.01 Å². The van der Waals surface area contributed by atoms with Crippen LogP contribution in [-0.4, -0.2) is 48.5 Å². The molecule has 0 fully saturated rings. The lowest BCUT2D eigenvalue weighted by Crippen LogP contribution is -2.34. The summed E-state index contributed by atoms with van der Waals surface area (Å²) >= 11 is 0. The Balaban J connectivity index is 1.98. The van der Waals surface area contributed by atoms with Crippen molar-refractivity contribution in [3.8, 4) is 12.0 Å². The van der Waals surface area contributed by atoms with Crippen molar-refractivity contribution in [1.82, 2.24) is 30.2 Å². The first kappa shape index (κ1) is 16.5. The normalized spacial score (nSPS) is 11.2. The Morgan fingerprint density at radius 2 is 1.91 bits per heavy atom. The van der Waals surface area contributed by atoms with Crippen LogP contribution in [0, 0.1) is 15.5 Å². The molecule has 0 radical (unpaired) electrons. The van der Waals surface area contributed by atoms with Gasteiger partial charge in [-0.1, -0.05) is 24.0 Å². The second-order valence-corrected chi connectivity index (χ2v) is 4.93. The van der Waals surface area contributed by atoms with Crippen LogP contribution < -0.4 is 4.74 Å². The molecular weight excluding hydrogens is 306 g/mol. The molecule has 0 aliphatic rings. The maximum Gasteiger partial charge on any atom is 0.355 e. The highest BCUT2D eigenvalue weighted by Crippen LogP contribution is 2.27. The summed E-state index contributed by atoms with van der Waals surface area (Å²) in [7, 11) is 0. The Bertz CT molecular complexity index is 613. The molecule has 23 heavy (non-hydrogen) atoms. The zero-order valence-electron chi connectivity index (χ0n) is 12.8. The van der Waals surface area contributed by atoms with Crippen LogP contribution in [0.3, 0.4) is 0 Å². The topological polar surface area (TPSA) is 131 Å². The van der Waals surface area contributed by atoms with Gasteiger partial charge in [-0.2, -0.15) is 5.10 Å². The highest BCUT2D eigenvalue weighted by Gasteiger charge is 2.29. The number of aromatic nitrogens is 6. The van der Waals surface area contributed by atoms with Gasteiger partial charge in [-0.25, -0.2) is 4.68 Å². The average molecular weight is 323 g/mol. The fourth-order valence-corrected chi connectivity index (χ4v) is 1.86. The fraction of sp³-hybridized carbons (Fsp3) is 0.583. The SMILES string of the molecule is CCC(CC)(COc1nnc(-n2cccn2)nn1)CO[N+](=O)[O-]. The van der Waals surface area contributed by atoms with E-state index in [4.69, 9.17) is 4.74 Å². The molecule has 0 aliphatic heterocycles. The van der Waals surface area contributed by atoms with Crippen molar-refractivity contribution in [2.45, 2.75) is 26.7 Å². The molecule has 0 aliphatic carbocycles. The molecular formula is C12H17N7O4. The van der Waals surface area contributed by atoms with Crippen LogP contribution in [0.2, 0.25) is 0 Å². The minimum absolute atomic E-state index is 0.00622. The molecule has 0 N–H and O–H groups in total. The molecule has 2 aromatic heterocycles. The molecule has 2 rings (SSSR count). The third-order valence-corrected chi connectivity index (χ3v) is 3.64. The van der Waals surface area contributed by atoms with Crippen molar-refractivity contribution in [2.24, 2.45) is 5.41 Å². The van der Waals surface area contributed by atoms with Crippen LogP contribution >= 0.6 is 0 Å². The lowest BCUT2D eigenvalue weighted by Gasteiger charge is -2.29. The Hall–Kier alpha value is -2.85. The van der Waals surface area contributed by atoms with Gasteiger partial charge in [-0.3, -0.25) is 0 Å². The Morgan fingerprint density at radius 1 is 1.22 bits per heavy atom. The minimum Gasteiger partial charge on any atom is -0.461 e. The summed E-state index contributed by atoms with van der Waals surface area (Å²) in [6.45, 7) is 3.93. The van der Waals surface area contributed by atoms with Crippen LogP contribution in [0.1, 0.15) is 26.7 Å². The van der Waals surface area contributed by atoms with E-state index < -0.39 is 10.5 Å². The highest BCUT2D eigenvalue weighted by atomic mass is 16.9. The summed E-state index contributed by atoms with van der Waals surface area (Å²) < 4.78 is 6.89. The quantitative estimate of drug-likeness (QED) is 0.486.